The van der Waals surface area contributed by atoms with Gasteiger partial charge >= 0.3 is 0 Å². The van der Waals surface area contributed by atoms with E-state index in [9.17, 15) is 9.59 Å². The third-order valence-electron chi connectivity index (χ3n) is 3.74. The van der Waals surface area contributed by atoms with Gasteiger partial charge in [0.25, 0.3) is 0 Å². The van der Waals surface area contributed by atoms with Crippen molar-refractivity contribution < 1.29 is 9.59 Å². The number of hydrogen-bond acceptors (Lipinski definition) is 2. The Kier molecular flexibility index (Phi) is 3.36. The number of carbonyl (C=O) groups excluding carboxylic acids is 2. The van der Waals surface area contributed by atoms with Crippen molar-refractivity contribution >= 4 is 35.8 Å². The summed E-state index contributed by atoms with van der Waals surface area (Å²) in [7, 11) is 0. The van der Waals surface area contributed by atoms with Crippen LogP contribution >= 0.6 is 23.2 Å². The van der Waals surface area contributed by atoms with E-state index in [1.807, 2.05) is 12.1 Å². The number of hydrogen-bond donors (Lipinski definition) is 0. The van der Waals surface area contributed by atoms with E-state index in [4.69, 9.17) is 23.2 Å². The third kappa shape index (κ3) is 1.80. The summed E-state index contributed by atoms with van der Waals surface area (Å²) < 4.78 is 0. The van der Waals surface area contributed by atoms with Gasteiger partial charge in [0.1, 0.15) is 12.6 Å². The van der Waals surface area contributed by atoms with Gasteiger partial charge in [0.2, 0.25) is 0 Å². The predicted octanol–water partition coefficient (Wildman–Crippen LogP) is 3.97. The Morgan fingerprint density at radius 3 is 1.50 bits per heavy atom. The van der Waals surface area contributed by atoms with Crippen LogP contribution in [0.4, 0.5) is 0 Å². The van der Waals surface area contributed by atoms with Crippen LogP contribution in [0.25, 0.3) is 0 Å². The van der Waals surface area contributed by atoms with Crippen LogP contribution in [0.15, 0.2) is 36.4 Å². The summed E-state index contributed by atoms with van der Waals surface area (Å²) >= 11 is 12.5. The maximum Gasteiger partial charge on any atom is 0.131 e. The first-order valence-electron chi connectivity index (χ1n) is 6.16. The first-order chi connectivity index (χ1) is 9.69. The minimum Gasteiger partial charge on any atom is -0.302 e. The van der Waals surface area contributed by atoms with Gasteiger partial charge in [-0.25, -0.2) is 0 Å². The van der Waals surface area contributed by atoms with Crippen molar-refractivity contribution in [3.8, 4) is 0 Å². The van der Waals surface area contributed by atoms with Gasteiger partial charge in [-0.3, -0.25) is 0 Å². The van der Waals surface area contributed by atoms with Crippen LogP contribution in [0.2, 0.25) is 10.0 Å². The molecule has 0 N–H and O–H groups in total. The largest absolute Gasteiger partial charge is 0.302 e. The number of benzene rings is 2. The maximum absolute atomic E-state index is 11.6. The lowest BCUT2D eigenvalue weighted by Crippen LogP contribution is -2.20. The maximum atomic E-state index is 11.6. The van der Waals surface area contributed by atoms with Crippen molar-refractivity contribution in [1.29, 1.82) is 0 Å². The zero-order valence-corrected chi connectivity index (χ0v) is 11.9. The minimum absolute atomic E-state index is 0.483. The molecule has 0 bridgehead atoms. The molecule has 20 heavy (non-hydrogen) atoms. The topological polar surface area (TPSA) is 34.1 Å². The molecule has 0 spiro atoms. The van der Waals surface area contributed by atoms with Gasteiger partial charge in [-0.15, -0.1) is 0 Å². The number of aldehydes is 2. The molecule has 4 heteroatoms. The third-order valence-corrected chi connectivity index (χ3v) is 4.40. The van der Waals surface area contributed by atoms with Crippen molar-refractivity contribution in [3.05, 3.63) is 68.7 Å². The molecule has 0 fully saturated rings. The summed E-state index contributed by atoms with van der Waals surface area (Å²) in [5.74, 6) is -0.966. The number of fused-ring (bicyclic) bond motifs is 2. The monoisotopic (exact) mass is 304 g/mol. The highest BCUT2D eigenvalue weighted by Crippen LogP contribution is 2.46. The van der Waals surface area contributed by atoms with Crippen LogP contribution in [-0.2, 0) is 9.59 Å². The molecule has 1 aliphatic carbocycles. The molecule has 2 aromatic carbocycles. The van der Waals surface area contributed by atoms with Crippen molar-refractivity contribution in [2.24, 2.45) is 0 Å². The molecule has 0 unspecified atom stereocenters. The quantitative estimate of drug-likeness (QED) is 0.787. The zero-order valence-electron chi connectivity index (χ0n) is 10.3. The molecule has 2 atom stereocenters. The molecule has 1 aliphatic rings. The highest BCUT2D eigenvalue weighted by Gasteiger charge is 2.34. The Morgan fingerprint density at radius 1 is 0.750 bits per heavy atom. The minimum atomic E-state index is -0.483. The molecule has 0 saturated heterocycles. The van der Waals surface area contributed by atoms with E-state index in [0.717, 1.165) is 23.7 Å². The second kappa shape index (κ2) is 5.04. The fourth-order valence-corrected chi connectivity index (χ4v) is 3.50. The van der Waals surface area contributed by atoms with Crippen LogP contribution in [0.3, 0.4) is 0 Å². The molecule has 0 aliphatic heterocycles. The van der Waals surface area contributed by atoms with Gasteiger partial charge in [0.15, 0.2) is 0 Å². The standard InChI is InChI=1S/C16H10Cl2O2/c17-13-5-1-3-9-11(7-19)16-10(4-2-6-14(16)18)12(8-20)15(9)13/h1-8,11-12H/t11-,12-/m1/s1. The van der Waals surface area contributed by atoms with E-state index in [1.54, 1.807) is 24.3 Å². The number of halogens is 2. The summed E-state index contributed by atoms with van der Waals surface area (Å²) in [4.78, 5) is 23.1. The molecule has 2 aromatic rings. The Hall–Kier alpha value is -1.64. The van der Waals surface area contributed by atoms with Gasteiger partial charge in [-0.2, -0.15) is 0 Å². The van der Waals surface area contributed by atoms with Crippen molar-refractivity contribution in [2.75, 3.05) is 0 Å². The molecule has 3 rings (SSSR count). The molecule has 0 radical (unpaired) electrons. The molecule has 2 nitrogen and oxygen atoms in total. The summed E-state index contributed by atoms with van der Waals surface area (Å²) in [6.45, 7) is 0. The second-order valence-corrected chi connectivity index (χ2v) is 5.53. The summed E-state index contributed by atoms with van der Waals surface area (Å²) in [5, 5.41) is 0.995. The van der Waals surface area contributed by atoms with Crippen molar-refractivity contribution in [2.45, 2.75) is 11.8 Å². The molecule has 0 amide bonds. The van der Waals surface area contributed by atoms with Gasteiger partial charge in [0.05, 0.1) is 11.8 Å². The lowest BCUT2D eigenvalue weighted by molar-refractivity contribution is -0.109. The summed E-state index contributed by atoms with van der Waals surface area (Å²) in [6, 6.07) is 10.7. The number of carbonyl (C=O) groups is 2. The van der Waals surface area contributed by atoms with E-state index in [0.29, 0.717) is 21.2 Å². The van der Waals surface area contributed by atoms with E-state index in [1.165, 1.54) is 0 Å². The van der Waals surface area contributed by atoms with Gasteiger partial charge in [-0.05, 0) is 34.4 Å². The fraction of sp³-hybridized carbons (Fsp3) is 0.125. The summed E-state index contributed by atoms with van der Waals surface area (Å²) in [5.41, 5.74) is 2.92. The normalized spacial score (nSPS) is 19.9. The van der Waals surface area contributed by atoms with E-state index >= 15 is 0 Å². The van der Waals surface area contributed by atoms with Crippen LogP contribution in [0.5, 0.6) is 0 Å². The molecule has 100 valence electrons. The Bertz CT molecular complexity index is 648. The zero-order chi connectivity index (χ0) is 14.3. The van der Waals surface area contributed by atoms with Gasteiger partial charge < -0.3 is 9.59 Å². The van der Waals surface area contributed by atoms with Gasteiger partial charge in [-0.1, -0.05) is 47.5 Å². The molecule has 0 aromatic heterocycles. The van der Waals surface area contributed by atoms with Gasteiger partial charge in [0, 0.05) is 10.0 Å². The Balaban J connectivity index is 2.39. The SMILES string of the molecule is O=C[C@@H]1c2cccc(Cl)c2[C@H](C=O)c2cccc(Cl)c21. The van der Waals surface area contributed by atoms with Crippen molar-refractivity contribution in [3.63, 3.8) is 0 Å². The Morgan fingerprint density at radius 2 is 1.15 bits per heavy atom. The lowest BCUT2D eigenvalue weighted by Gasteiger charge is -2.30. The molecular formula is C16H10Cl2O2. The van der Waals surface area contributed by atoms with Crippen LogP contribution < -0.4 is 0 Å². The predicted molar refractivity (Wildman–Crippen MR) is 78.7 cm³/mol. The van der Waals surface area contributed by atoms with E-state index in [-0.39, 0.29) is 0 Å². The molecular weight excluding hydrogens is 295 g/mol. The van der Waals surface area contributed by atoms with Crippen LogP contribution in [-0.4, -0.2) is 12.6 Å². The second-order valence-electron chi connectivity index (χ2n) is 4.71. The van der Waals surface area contributed by atoms with E-state index in [2.05, 4.69) is 0 Å². The molecule has 0 saturated carbocycles. The smallest absolute Gasteiger partial charge is 0.131 e. The highest BCUT2D eigenvalue weighted by molar-refractivity contribution is 6.32. The fourth-order valence-electron chi connectivity index (χ4n) is 2.90. The lowest BCUT2D eigenvalue weighted by atomic mass is 9.73. The first kappa shape index (κ1) is 13.3. The van der Waals surface area contributed by atoms with Crippen LogP contribution in [0.1, 0.15) is 34.1 Å². The average Bonchev–Trinajstić information content (AvgIpc) is 2.46. The van der Waals surface area contributed by atoms with Crippen LogP contribution in [0, 0.1) is 0 Å². The summed E-state index contributed by atoms with van der Waals surface area (Å²) in [6.07, 6.45) is 1.70. The highest BCUT2D eigenvalue weighted by atomic mass is 35.5. The average molecular weight is 305 g/mol. The van der Waals surface area contributed by atoms with E-state index < -0.39 is 11.8 Å². The Labute approximate surface area is 126 Å². The molecule has 0 heterocycles. The number of rotatable bonds is 2. The van der Waals surface area contributed by atoms with Crippen molar-refractivity contribution in [1.82, 2.24) is 0 Å². The first-order valence-corrected chi connectivity index (χ1v) is 6.91.